The average Bonchev–Trinajstić information content (AvgIpc) is 1.66. The van der Waals surface area contributed by atoms with Crippen LogP contribution in [0.3, 0.4) is 0 Å². The number of aromatic nitrogens is 11. The fourth-order valence-electron chi connectivity index (χ4n) is 25.9. The minimum absolute atomic E-state index is 0.00180. The molecule has 117 heavy (non-hydrogen) atoms. The van der Waals surface area contributed by atoms with Crippen LogP contribution >= 0.6 is 15.9 Å². The molecule has 630 valence electrons. The lowest BCUT2D eigenvalue weighted by Gasteiger charge is -2.59. The highest BCUT2D eigenvalue weighted by Gasteiger charge is 2.67. The van der Waals surface area contributed by atoms with E-state index in [1.807, 2.05) is 67.0 Å². The Hall–Kier alpha value is -6.87. The maximum Gasteiger partial charge on any atom is 0.173 e. The molecule has 2 spiro atoms. The summed E-state index contributed by atoms with van der Waals surface area (Å²) in [7, 11) is 7.09. The van der Waals surface area contributed by atoms with Gasteiger partial charge in [-0.3, -0.25) is 33.0 Å². The highest BCUT2D eigenvalue weighted by atomic mass is 79.9. The number of aliphatic hydroxyl groups is 1. The molecule has 22 heteroatoms. The Bertz CT molecular complexity index is 5220. The number of halogens is 1. The lowest BCUT2D eigenvalue weighted by atomic mass is 9.49. The molecule has 10 atom stereocenters. The van der Waals surface area contributed by atoms with E-state index in [2.05, 4.69) is 192 Å². The summed E-state index contributed by atoms with van der Waals surface area (Å²) in [6, 6.07) is 0. The summed E-state index contributed by atoms with van der Waals surface area (Å²) in [5.74, 6) is 15.3. The van der Waals surface area contributed by atoms with Crippen LogP contribution in [0.15, 0.2) is 27.2 Å². The molecule has 8 heterocycles. The molecular weight excluding hydrogens is 1560 g/mol. The fraction of sp³-hybridized carbons (Fsp3) is 0.684. The summed E-state index contributed by atoms with van der Waals surface area (Å²) in [6.45, 7) is 50.4. The lowest BCUT2D eigenvalue weighted by Crippen LogP contribution is -2.61. The molecule has 0 amide bonds. The van der Waals surface area contributed by atoms with Gasteiger partial charge in [0.1, 0.15) is 55.1 Å². The minimum Gasteiger partial charge on any atom is -0.515 e. The third kappa shape index (κ3) is 13.5. The molecule has 2 aliphatic heterocycles. The SMILES string of the molecule is C#Cc1c2c(nn1C)[C@@]1(C)C/C(=C/O)C(=O)C(C)(C)[C@@H]1CC2.C#Cc1c2c(nn1C)[C@@]1(C)Cc3cnoc3C(C)(C)[C@@H]1CC2.Cn1nc2c(c1Br)CC[C@H]1C(C)(C)C3(CC[C@]21C)OCCO3.Cn1nc2c(c1C#C[Si](C)(C)C)CC[C@H]1C(C)(C)C(=O)CC[C@]21C.Cn1nc2c(c1C#C[Si](C)(C)C)CC[C@H]1C(C)(C)C3(CC[C@]21C)OCCO3. The highest BCUT2D eigenvalue weighted by Crippen LogP contribution is 2.66. The van der Waals surface area contributed by atoms with E-state index in [9.17, 15) is 14.7 Å². The number of ether oxygens (including phenoxy) is 4. The maximum atomic E-state index is 12.6. The predicted molar refractivity (Wildman–Crippen MR) is 467 cm³/mol. The van der Waals surface area contributed by atoms with Gasteiger partial charge < -0.3 is 28.6 Å². The van der Waals surface area contributed by atoms with Gasteiger partial charge in [-0.15, -0.1) is 23.9 Å². The van der Waals surface area contributed by atoms with Gasteiger partial charge in [-0.25, -0.2) is 0 Å². The maximum absolute atomic E-state index is 12.6. The van der Waals surface area contributed by atoms with Crippen molar-refractivity contribution < 1.29 is 38.2 Å². The fourth-order valence-corrected chi connectivity index (χ4v) is 27.3. The van der Waals surface area contributed by atoms with Crippen LogP contribution in [0, 0.1) is 98.9 Å². The predicted octanol–water partition coefficient (Wildman–Crippen LogP) is 16.9. The van der Waals surface area contributed by atoms with Crippen LogP contribution in [0.1, 0.15) is 271 Å². The quantitative estimate of drug-likeness (QED) is 0.0650. The van der Waals surface area contributed by atoms with Gasteiger partial charge in [0.25, 0.3) is 0 Å². The van der Waals surface area contributed by atoms with E-state index in [0.717, 1.165) is 173 Å². The monoisotopic (exact) mass is 1690 g/mol. The van der Waals surface area contributed by atoms with Crippen molar-refractivity contribution in [2.24, 2.45) is 86.5 Å². The van der Waals surface area contributed by atoms with E-state index in [0.29, 0.717) is 47.9 Å². The number of carbonyl (C=O) groups is 2. The van der Waals surface area contributed by atoms with Crippen LogP contribution in [0.25, 0.3) is 0 Å². The zero-order valence-electron chi connectivity index (χ0n) is 75.4. The number of carbonyl (C=O) groups excluding carboxylic acids is 2. The first-order valence-corrected chi connectivity index (χ1v) is 51.1. The normalized spacial score (nSPS) is 31.0. The third-order valence-electron chi connectivity index (χ3n) is 31.7. The first kappa shape index (κ1) is 86.5. The van der Waals surface area contributed by atoms with Gasteiger partial charge in [0.05, 0.1) is 67.4 Å². The number of ketones is 2. The van der Waals surface area contributed by atoms with Gasteiger partial charge >= 0.3 is 0 Å². The number of Topliss-reactive ketones (excluding diaryl/α,β-unsaturated/α-hetero) is 2. The number of fused-ring (bicyclic) bond motifs is 16. The summed E-state index contributed by atoms with van der Waals surface area (Å²) < 4.78 is 41.1. The van der Waals surface area contributed by atoms with Gasteiger partial charge in [0.15, 0.2) is 17.4 Å². The van der Waals surface area contributed by atoms with Crippen LogP contribution in [0.4, 0.5) is 0 Å². The van der Waals surface area contributed by atoms with Crippen molar-refractivity contribution in [3.05, 3.63) is 113 Å². The second-order valence-electron chi connectivity index (χ2n) is 42.7. The Morgan fingerprint density at radius 1 is 0.453 bits per heavy atom. The van der Waals surface area contributed by atoms with Gasteiger partial charge in [0, 0.05) is 148 Å². The number of terminal acetylenes is 2. The number of hydrogen-bond acceptors (Lipinski definition) is 14. The average molecular weight is 1690 g/mol. The van der Waals surface area contributed by atoms with E-state index < -0.39 is 27.3 Å². The Labute approximate surface area is 707 Å². The Kier molecular flexibility index (Phi) is 21.8. The van der Waals surface area contributed by atoms with Crippen molar-refractivity contribution >= 4 is 43.6 Å². The topological polar surface area (TPSA) is 206 Å². The van der Waals surface area contributed by atoms with Crippen LogP contribution in [0.5, 0.6) is 0 Å². The van der Waals surface area contributed by atoms with E-state index >= 15 is 0 Å². The number of allylic oxidation sites excluding steroid dienone is 1. The van der Waals surface area contributed by atoms with Crippen molar-refractivity contribution in [3.63, 3.8) is 0 Å². The van der Waals surface area contributed by atoms with Crippen molar-refractivity contribution in [3.8, 4) is 47.6 Å². The van der Waals surface area contributed by atoms with Gasteiger partial charge in [0.2, 0.25) is 0 Å². The third-order valence-corrected chi connectivity index (χ3v) is 34.5. The van der Waals surface area contributed by atoms with Gasteiger partial charge in [-0.2, -0.15) is 25.5 Å². The molecule has 6 aromatic rings. The van der Waals surface area contributed by atoms with Crippen LogP contribution in [-0.4, -0.2) is 125 Å². The Morgan fingerprint density at radius 2 is 0.803 bits per heavy atom. The standard InChI is InChI=1S/C22H34N2O2Si.C20H30N2OSi.C18H21N3O.C18H22N2O2.C17H25BrN2O2/c1-20(2)18-9-8-16-17(10-15-27(5,6)7)24(4)23-19(16)21(18,3)11-12-22(20)25-13-14-26-22;1-19(2)16-9-8-14-15(11-13-24(5,6)7)22(4)21-18(14)20(16,3)12-10-17(19)23;1-6-13-12-7-8-14-17(2,3)16-11(10-19-22-16)9-18(14,4)15(12)20-21(13)5;1-6-13-12-7-8-14-17(2,3)16(22)11(10-21)9-18(14,4)15(12)19-20(13)5;1-15(2)12-6-5-11-13(19-20(4)14(11)18)16(12,3)7-8-17(15)21-9-10-22-17/h18H,8-9,11-14H2,1-7H3;16H,8-10,12H2,1-7H3;1,10,14H,7-9H2,2-5H3;1,10,14,21H,7-9H2,2-5H3;12H,5-10H2,1-4H3/b;;;11-10-;/t18-,21-;16-,20-;2*14-,18-;12-,16-/m00000/s1. The van der Waals surface area contributed by atoms with Crippen molar-refractivity contribution in [2.75, 3.05) is 26.4 Å². The molecule has 6 aromatic heterocycles. The van der Waals surface area contributed by atoms with Crippen LogP contribution in [-0.2, 0) is 135 Å². The van der Waals surface area contributed by atoms with Crippen molar-refractivity contribution in [2.45, 2.75) is 303 Å². The summed E-state index contributed by atoms with van der Waals surface area (Å²) in [6.07, 6.45) is 31.7. The smallest absolute Gasteiger partial charge is 0.173 e. The molecule has 0 radical (unpaired) electrons. The summed E-state index contributed by atoms with van der Waals surface area (Å²) in [5.41, 5.74) is 24.3. The minimum atomic E-state index is -1.42. The molecule has 10 aliphatic carbocycles. The van der Waals surface area contributed by atoms with E-state index in [4.69, 9.17) is 61.8 Å². The molecule has 4 saturated carbocycles. The first-order chi connectivity index (χ1) is 54.4. The van der Waals surface area contributed by atoms with Gasteiger partial charge in [-0.05, 0) is 142 Å². The molecule has 6 fully saturated rings. The summed E-state index contributed by atoms with van der Waals surface area (Å²) >= 11 is 3.72. The molecule has 18 rings (SSSR count). The summed E-state index contributed by atoms with van der Waals surface area (Å²) in [5, 5.41) is 37.9. The second-order valence-corrected chi connectivity index (χ2v) is 53.0. The Morgan fingerprint density at radius 3 is 1.22 bits per heavy atom. The van der Waals surface area contributed by atoms with E-state index in [-0.39, 0.29) is 66.2 Å². The number of nitrogens with zero attached hydrogens (tertiary/aromatic N) is 11. The van der Waals surface area contributed by atoms with Crippen LogP contribution < -0.4 is 0 Å². The van der Waals surface area contributed by atoms with Crippen molar-refractivity contribution in [1.82, 2.24) is 54.1 Å². The zero-order valence-corrected chi connectivity index (χ0v) is 78.9. The first-order valence-electron chi connectivity index (χ1n) is 43.3. The highest BCUT2D eigenvalue weighted by molar-refractivity contribution is 9.10. The molecule has 0 aromatic carbocycles. The molecule has 12 aliphatic rings. The van der Waals surface area contributed by atoms with E-state index in [1.165, 1.54) is 57.0 Å². The molecule has 19 nitrogen and oxygen atoms in total. The Balaban J connectivity index is 0.000000121. The molecular formula is C95H132BrN11O8Si2. The number of aliphatic hydroxyl groups excluding tert-OH is 1. The number of aryl methyl sites for hydroxylation is 5. The molecule has 0 unspecified atom stereocenters. The molecule has 2 saturated heterocycles. The second kappa shape index (κ2) is 29.5. The number of hydrogen-bond donors (Lipinski definition) is 1. The number of rotatable bonds is 0. The lowest BCUT2D eigenvalue weighted by molar-refractivity contribution is -0.276. The van der Waals surface area contributed by atoms with Crippen LogP contribution in [0.2, 0.25) is 39.3 Å². The zero-order chi connectivity index (χ0) is 85.3. The van der Waals surface area contributed by atoms with E-state index in [1.54, 1.807) is 4.68 Å². The molecule has 1 N–H and O–H groups in total. The van der Waals surface area contributed by atoms with Gasteiger partial charge in [-0.1, -0.05) is 172 Å². The summed E-state index contributed by atoms with van der Waals surface area (Å²) in [4.78, 5) is 25.1. The largest absolute Gasteiger partial charge is 0.515 e. The molecule has 0 bridgehead atoms. The van der Waals surface area contributed by atoms with Crippen molar-refractivity contribution in [1.29, 1.82) is 0 Å².